The zero-order valence-electron chi connectivity index (χ0n) is 10.9. The van der Waals surface area contributed by atoms with Crippen LogP contribution in [0.1, 0.15) is 18.4 Å². The van der Waals surface area contributed by atoms with E-state index < -0.39 is 10.0 Å². The number of sulfonamides is 1. The first-order valence-corrected chi connectivity index (χ1v) is 8.57. The molecule has 0 radical (unpaired) electrons. The smallest absolute Gasteiger partial charge is 0.252 e. The molecule has 0 aromatic carbocycles. The van der Waals surface area contributed by atoms with E-state index in [1.807, 2.05) is 0 Å². The molecule has 0 aliphatic carbocycles. The first-order chi connectivity index (χ1) is 9.07. The van der Waals surface area contributed by atoms with Crippen LogP contribution < -0.4 is 0 Å². The first kappa shape index (κ1) is 14.9. The van der Waals surface area contributed by atoms with Crippen molar-refractivity contribution in [2.75, 3.05) is 26.8 Å². The van der Waals surface area contributed by atoms with Gasteiger partial charge in [-0.1, -0.05) is 0 Å². The minimum atomic E-state index is -3.42. The molecule has 5 nitrogen and oxygen atoms in total. The predicted molar refractivity (Wildman–Crippen MR) is 73.6 cm³/mol. The van der Waals surface area contributed by atoms with E-state index in [-0.39, 0.29) is 12.5 Å². The van der Waals surface area contributed by atoms with Crippen molar-refractivity contribution in [2.45, 2.75) is 23.7 Å². The van der Waals surface area contributed by atoms with Gasteiger partial charge >= 0.3 is 0 Å². The Bertz CT molecular complexity index is 510. The Kier molecular flexibility index (Phi) is 4.97. The molecule has 19 heavy (non-hydrogen) atoms. The van der Waals surface area contributed by atoms with Crippen LogP contribution in [0.4, 0.5) is 0 Å². The zero-order chi connectivity index (χ0) is 13.9. The minimum absolute atomic E-state index is 0.127. The summed E-state index contributed by atoms with van der Waals surface area (Å²) in [6.45, 7) is 1.55. The van der Waals surface area contributed by atoms with Gasteiger partial charge in [0.1, 0.15) is 4.21 Å². The van der Waals surface area contributed by atoms with Gasteiger partial charge in [0.25, 0.3) is 10.0 Å². The molecule has 1 unspecified atom stereocenters. The molecule has 1 aliphatic rings. The van der Waals surface area contributed by atoms with Gasteiger partial charge in [0.05, 0.1) is 13.2 Å². The number of methoxy groups -OCH3 is 1. The topological polar surface area (TPSA) is 66.8 Å². The lowest BCUT2D eigenvalue weighted by Crippen LogP contribution is -2.40. The van der Waals surface area contributed by atoms with Crippen molar-refractivity contribution in [1.29, 1.82) is 0 Å². The zero-order valence-corrected chi connectivity index (χ0v) is 12.5. The molecule has 2 rings (SSSR count). The van der Waals surface area contributed by atoms with Crippen LogP contribution in [-0.2, 0) is 21.4 Å². The van der Waals surface area contributed by atoms with Crippen LogP contribution in [0.25, 0.3) is 0 Å². The number of hydrogen-bond acceptors (Lipinski definition) is 5. The first-order valence-electron chi connectivity index (χ1n) is 6.25. The number of nitrogens with zero attached hydrogens (tertiary/aromatic N) is 1. The Morgan fingerprint density at radius 2 is 2.37 bits per heavy atom. The summed E-state index contributed by atoms with van der Waals surface area (Å²) in [5, 5.41) is 10.7. The molecular weight excluding hydrogens is 286 g/mol. The van der Waals surface area contributed by atoms with Gasteiger partial charge in [0.15, 0.2) is 0 Å². The molecule has 0 saturated carbocycles. The summed E-state index contributed by atoms with van der Waals surface area (Å²) in [7, 11) is -1.78. The molecule has 1 saturated heterocycles. The van der Waals surface area contributed by atoms with Gasteiger partial charge in [-0.3, -0.25) is 0 Å². The Morgan fingerprint density at radius 3 is 3.00 bits per heavy atom. The molecule has 0 amide bonds. The molecule has 1 aromatic heterocycles. The Morgan fingerprint density at radius 1 is 1.58 bits per heavy atom. The monoisotopic (exact) mass is 305 g/mol. The molecule has 0 spiro atoms. The minimum Gasteiger partial charge on any atom is -0.392 e. The molecule has 2 heterocycles. The van der Waals surface area contributed by atoms with Crippen LogP contribution in [-0.4, -0.2) is 44.6 Å². The molecule has 108 valence electrons. The Balaban J connectivity index is 2.14. The molecule has 1 atom stereocenters. The maximum Gasteiger partial charge on any atom is 0.252 e. The van der Waals surface area contributed by atoms with Crippen LogP contribution in [0, 0.1) is 5.92 Å². The summed E-state index contributed by atoms with van der Waals surface area (Å²) >= 11 is 1.17. The second-order valence-electron chi connectivity index (χ2n) is 4.76. The van der Waals surface area contributed by atoms with Crippen molar-refractivity contribution >= 4 is 21.4 Å². The van der Waals surface area contributed by atoms with Crippen molar-refractivity contribution in [3.05, 3.63) is 17.0 Å². The Labute approximate surface area is 117 Å². The molecule has 7 heteroatoms. The summed E-state index contributed by atoms with van der Waals surface area (Å²) in [4.78, 5) is 0. The summed E-state index contributed by atoms with van der Waals surface area (Å²) in [5.74, 6) is 0.269. The van der Waals surface area contributed by atoms with Crippen molar-refractivity contribution in [2.24, 2.45) is 5.92 Å². The summed E-state index contributed by atoms with van der Waals surface area (Å²) in [6, 6.07) is 1.56. The SMILES string of the molecule is COCC1CCCN(S(=O)(=O)c2cc(CO)cs2)C1. The van der Waals surface area contributed by atoms with Crippen LogP contribution in [0.5, 0.6) is 0 Å². The quantitative estimate of drug-likeness (QED) is 0.890. The van der Waals surface area contributed by atoms with Crippen molar-refractivity contribution in [1.82, 2.24) is 4.31 Å². The highest BCUT2D eigenvalue weighted by Gasteiger charge is 2.31. The van der Waals surface area contributed by atoms with E-state index in [9.17, 15) is 8.42 Å². The maximum atomic E-state index is 12.5. The van der Waals surface area contributed by atoms with Crippen molar-refractivity contribution in [3.8, 4) is 0 Å². The van der Waals surface area contributed by atoms with E-state index in [1.54, 1.807) is 18.6 Å². The van der Waals surface area contributed by atoms with Gasteiger partial charge in [-0.15, -0.1) is 11.3 Å². The predicted octanol–water partition coefficient (Wildman–Crippen LogP) is 1.29. The lowest BCUT2D eigenvalue weighted by molar-refractivity contribution is 0.118. The van der Waals surface area contributed by atoms with E-state index >= 15 is 0 Å². The average molecular weight is 305 g/mol. The molecule has 1 N–H and O–H groups in total. The second-order valence-corrected chi connectivity index (χ2v) is 7.83. The fourth-order valence-electron chi connectivity index (χ4n) is 2.32. The van der Waals surface area contributed by atoms with Crippen LogP contribution >= 0.6 is 11.3 Å². The van der Waals surface area contributed by atoms with E-state index in [0.29, 0.717) is 29.5 Å². The average Bonchev–Trinajstić information content (AvgIpc) is 2.89. The second kappa shape index (κ2) is 6.32. The number of aliphatic hydroxyl groups excluding tert-OH is 1. The van der Waals surface area contributed by atoms with Crippen LogP contribution in [0.2, 0.25) is 0 Å². The van der Waals surface area contributed by atoms with Gasteiger partial charge in [0, 0.05) is 20.2 Å². The Hall–Kier alpha value is -0.470. The van der Waals surface area contributed by atoms with Crippen molar-refractivity contribution < 1.29 is 18.3 Å². The number of piperidine rings is 1. The van der Waals surface area contributed by atoms with Gasteiger partial charge in [-0.05, 0) is 35.8 Å². The molecule has 0 bridgehead atoms. The maximum absolute atomic E-state index is 12.5. The molecule has 1 aromatic rings. The fraction of sp³-hybridized carbons (Fsp3) is 0.667. The summed E-state index contributed by atoms with van der Waals surface area (Å²) < 4.78 is 31.9. The third-order valence-corrected chi connectivity index (χ3v) is 6.62. The van der Waals surface area contributed by atoms with Gasteiger partial charge in [0.2, 0.25) is 0 Å². The van der Waals surface area contributed by atoms with Crippen LogP contribution in [0.3, 0.4) is 0 Å². The van der Waals surface area contributed by atoms with E-state index in [0.717, 1.165) is 12.8 Å². The summed E-state index contributed by atoms with van der Waals surface area (Å²) in [6.07, 6.45) is 1.87. The van der Waals surface area contributed by atoms with Crippen LogP contribution in [0.15, 0.2) is 15.7 Å². The van der Waals surface area contributed by atoms with Gasteiger partial charge < -0.3 is 9.84 Å². The molecular formula is C12H19NO4S2. The number of hydrogen-bond donors (Lipinski definition) is 1. The van der Waals surface area contributed by atoms with Crippen molar-refractivity contribution in [3.63, 3.8) is 0 Å². The highest BCUT2D eigenvalue weighted by Crippen LogP contribution is 2.28. The summed E-state index contributed by atoms with van der Waals surface area (Å²) in [5.41, 5.74) is 0.647. The fourth-order valence-corrected chi connectivity index (χ4v) is 5.22. The lowest BCUT2D eigenvalue weighted by atomic mass is 10.0. The third kappa shape index (κ3) is 3.35. The highest BCUT2D eigenvalue weighted by atomic mass is 32.2. The normalized spacial score (nSPS) is 21.7. The van der Waals surface area contributed by atoms with E-state index in [2.05, 4.69) is 0 Å². The number of thiophene rings is 1. The van der Waals surface area contributed by atoms with Gasteiger partial charge in [-0.2, -0.15) is 4.31 Å². The third-order valence-electron chi connectivity index (χ3n) is 3.29. The van der Waals surface area contributed by atoms with E-state index in [1.165, 1.54) is 15.6 Å². The number of rotatable bonds is 5. The number of ether oxygens (including phenoxy) is 1. The highest BCUT2D eigenvalue weighted by molar-refractivity contribution is 7.91. The van der Waals surface area contributed by atoms with E-state index in [4.69, 9.17) is 9.84 Å². The lowest BCUT2D eigenvalue weighted by Gasteiger charge is -2.31. The number of aliphatic hydroxyl groups is 1. The standard InChI is InChI=1S/C12H19NO4S2/c1-17-8-10-3-2-4-13(6-10)19(15,16)12-5-11(7-14)9-18-12/h5,9-10,14H,2-4,6-8H2,1H3. The molecule has 1 fully saturated rings. The van der Waals surface area contributed by atoms with Gasteiger partial charge in [-0.25, -0.2) is 8.42 Å². The largest absolute Gasteiger partial charge is 0.392 e. The molecule has 1 aliphatic heterocycles.